The largest absolute Gasteiger partial charge is 0.480 e. The smallest absolute Gasteiger partial charge is 0.326 e. The van der Waals surface area contributed by atoms with Crippen molar-refractivity contribution in [1.29, 1.82) is 0 Å². The van der Waals surface area contributed by atoms with E-state index >= 15 is 0 Å². The van der Waals surface area contributed by atoms with Crippen molar-refractivity contribution in [1.82, 2.24) is 14.9 Å². The third kappa shape index (κ3) is 5.97. The first kappa shape index (κ1) is 17.2. The highest BCUT2D eigenvalue weighted by Gasteiger charge is 2.21. The first-order chi connectivity index (χ1) is 10.1. The lowest BCUT2D eigenvalue weighted by molar-refractivity contribution is -0.142. The van der Waals surface area contributed by atoms with Crippen LogP contribution in [0.25, 0.3) is 0 Å². The molecule has 0 aromatic carbocycles. The molecule has 2 atom stereocenters. The average Bonchev–Trinajstić information content (AvgIpc) is 2.96. The lowest BCUT2D eigenvalue weighted by Gasteiger charge is -2.19. The van der Waals surface area contributed by atoms with E-state index in [0.29, 0.717) is 6.42 Å². The highest BCUT2D eigenvalue weighted by Crippen LogP contribution is 2.17. The minimum absolute atomic E-state index is 0.0260. The fourth-order valence-corrected chi connectivity index (χ4v) is 2.31. The van der Waals surface area contributed by atoms with Gasteiger partial charge in [0.25, 0.3) is 0 Å². The lowest BCUT2D eigenvalue weighted by Crippen LogP contribution is -2.41. The molecule has 118 valence electrons. The van der Waals surface area contributed by atoms with Crippen molar-refractivity contribution in [2.45, 2.75) is 64.5 Å². The summed E-state index contributed by atoms with van der Waals surface area (Å²) in [6, 6.07) is -0.763. The van der Waals surface area contributed by atoms with Crippen LogP contribution in [0.15, 0.2) is 18.7 Å². The molecule has 1 heterocycles. The van der Waals surface area contributed by atoms with Gasteiger partial charge in [0.1, 0.15) is 6.04 Å². The second kappa shape index (κ2) is 9.15. The maximum absolute atomic E-state index is 12.1. The van der Waals surface area contributed by atoms with Crippen molar-refractivity contribution in [3.05, 3.63) is 18.7 Å². The van der Waals surface area contributed by atoms with Crippen LogP contribution in [0.1, 0.15) is 58.4 Å². The quantitative estimate of drug-likeness (QED) is 0.694. The number of aromatic nitrogens is 2. The molecule has 0 aliphatic rings. The molecule has 0 saturated heterocycles. The monoisotopic (exact) mass is 295 g/mol. The molecule has 21 heavy (non-hydrogen) atoms. The number of amides is 1. The normalized spacial score (nSPS) is 13.6. The van der Waals surface area contributed by atoms with Crippen LogP contribution < -0.4 is 5.32 Å². The number of hydrogen-bond acceptors (Lipinski definition) is 3. The van der Waals surface area contributed by atoms with E-state index in [1.54, 1.807) is 12.5 Å². The minimum Gasteiger partial charge on any atom is -0.480 e. The zero-order valence-corrected chi connectivity index (χ0v) is 12.8. The fraction of sp³-hybridized carbons (Fsp3) is 0.667. The molecule has 1 aromatic heterocycles. The molecule has 1 amide bonds. The molecule has 0 spiro atoms. The van der Waals surface area contributed by atoms with Crippen LogP contribution in [0.5, 0.6) is 0 Å². The molecule has 0 bridgehead atoms. The van der Waals surface area contributed by atoms with Gasteiger partial charge >= 0.3 is 5.97 Å². The summed E-state index contributed by atoms with van der Waals surface area (Å²) in [4.78, 5) is 27.2. The number of carboxylic acid groups (broad SMARTS) is 1. The van der Waals surface area contributed by atoms with Gasteiger partial charge in [-0.25, -0.2) is 9.78 Å². The lowest BCUT2D eigenvalue weighted by atomic mass is 10.1. The van der Waals surface area contributed by atoms with Crippen molar-refractivity contribution >= 4 is 11.9 Å². The van der Waals surface area contributed by atoms with Gasteiger partial charge in [-0.05, 0) is 12.8 Å². The number of unbranched alkanes of at least 4 members (excludes halogenated alkanes) is 1. The van der Waals surface area contributed by atoms with Crippen molar-refractivity contribution in [2.75, 3.05) is 0 Å². The maximum Gasteiger partial charge on any atom is 0.326 e. The average molecular weight is 295 g/mol. The Balaban J connectivity index is 2.58. The van der Waals surface area contributed by atoms with E-state index in [0.717, 1.165) is 25.7 Å². The van der Waals surface area contributed by atoms with E-state index in [1.807, 2.05) is 17.7 Å². The third-order valence-electron chi connectivity index (χ3n) is 3.47. The summed E-state index contributed by atoms with van der Waals surface area (Å²) in [7, 11) is 0. The Bertz CT molecular complexity index is 431. The zero-order chi connectivity index (χ0) is 15.7. The Morgan fingerprint density at radius 1 is 1.29 bits per heavy atom. The van der Waals surface area contributed by atoms with Crippen molar-refractivity contribution in [2.24, 2.45) is 0 Å². The first-order valence-corrected chi connectivity index (χ1v) is 7.58. The predicted molar refractivity (Wildman–Crippen MR) is 79.9 cm³/mol. The summed E-state index contributed by atoms with van der Waals surface area (Å²) in [5.74, 6) is -1.18. The Morgan fingerprint density at radius 2 is 2.05 bits per heavy atom. The van der Waals surface area contributed by atoms with E-state index in [-0.39, 0.29) is 18.4 Å². The van der Waals surface area contributed by atoms with Crippen LogP contribution in [0.4, 0.5) is 0 Å². The van der Waals surface area contributed by atoms with Gasteiger partial charge in [0.15, 0.2) is 0 Å². The van der Waals surface area contributed by atoms with Crippen molar-refractivity contribution in [3.63, 3.8) is 0 Å². The number of rotatable bonds is 10. The molecule has 1 unspecified atom stereocenters. The molecule has 0 aliphatic carbocycles. The van der Waals surface area contributed by atoms with E-state index in [9.17, 15) is 9.59 Å². The van der Waals surface area contributed by atoms with Gasteiger partial charge in [-0.2, -0.15) is 0 Å². The van der Waals surface area contributed by atoms with Gasteiger partial charge in [-0.1, -0.05) is 33.1 Å². The summed E-state index contributed by atoms with van der Waals surface area (Å²) < 4.78 is 1.91. The summed E-state index contributed by atoms with van der Waals surface area (Å²) >= 11 is 0. The minimum atomic E-state index is -0.966. The second-order valence-electron chi connectivity index (χ2n) is 5.26. The third-order valence-corrected chi connectivity index (χ3v) is 3.47. The number of carbonyl (C=O) groups is 2. The fourth-order valence-electron chi connectivity index (χ4n) is 2.31. The number of nitrogens with zero attached hydrogens (tertiary/aromatic N) is 2. The number of imidazole rings is 1. The van der Waals surface area contributed by atoms with Gasteiger partial charge < -0.3 is 15.0 Å². The highest BCUT2D eigenvalue weighted by atomic mass is 16.4. The Hall–Kier alpha value is -1.85. The van der Waals surface area contributed by atoms with Crippen LogP contribution in [0.3, 0.4) is 0 Å². The summed E-state index contributed by atoms with van der Waals surface area (Å²) in [6.45, 7) is 4.06. The van der Waals surface area contributed by atoms with Gasteiger partial charge in [0.05, 0.1) is 6.33 Å². The van der Waals surface area contributed by atoms with Crippen LogP contribution in [-0.2, 0) is 9.59 Å². The van der Waals surface area contributed by atoms with E-state index in [4.69, 9.17) is 5.11 Å². The Kier molecular flexibility index (Phi) is 7.50. The van der Waals surface area contributed by atoms with Gasteiger partial charge in [0.2, 0.25) is 5.91 Å². The zero-order valence-electron chi connectivity index (χ0n) is 12.8. The number of carboxylic acids is 1. The van der Waals surface area contributed by atoms with Crippen LogP contribution >= 0.6 is 0 Å². The molecule has 6 heteroatoms. The molecule has 0 aliphatic heterocycles. The molecule has 0 radical (unpaired) electrons. The Morgan fingerprint density at radius 3 is 2.57 bits per heavy atom. The molecule has 0 fully saturated rings. The molecule has 6 nitrogen and oxygen atoms in total. The number of carbonyl (C=O) groups excluding carboxylic acids is 1. The van der Waals surface area contributed by atoms with Gasteiger partial charge in [-0.3, -0.25) is 4.79 Å². The predicted octanol–water partition coefficient (Wildman–Crippen LogP) is 2.37. The van der Waals surface area contributed by atoms with Crippen molar-refractivity contribution in [3.8, 4) is 0 Å². The topological polar surface area (TPSA) is 84.2 Å². The Labute approximate surface area is 125 Å². The van der Waals surface area contributed by atoms with Gasteiger partial charge in [0, 0.05) is 24.9 Å². The molecule has 1 aromatic rings. The molecular weight excluding hydrogens is 270 g/mol. The first-order valence-electron chi connectivity index (χ1n) is 7.58. The molecule has 0 saturated carbocycles. The van der Waals surface area contributed by atoms with E-state index < -0.39 is 12.0 Å². The summed E-state index contributed by atoms with van der Waals surface area (Å²) in [5, 5.41) is 11.8. The number of nitrogens with one attached hydrogen (secondary N) is 1. The number of aliphatic carboxylic acids is 1. The van der Waals surface area contributed by atoms with E-state index in [1.165, 1.54) is 0 Å². The standard InChI is InChI=1S/C15H25N3O3/c1-3-5-7-13(15(20)21)17-14(19)10-12(6-4-2)18-9-8-16-11-18/h8-9,11-13H,3-7,10H2,1-2H3,(H,17,19)(H,20,21)/t12?,13-/m0/s1. The molecule has 1 rings (SSSR count). The summed E-state index contributed by atoms with van der Waals surface area (Å²) in [6.07, 6.45) is 9.47. The molecular formula is C15H25N3O3. The van der Waals surface area contributed by atoms with E-state index in [2.05, 4.69) is 17.2 Å². The molecule has 2 N–H and O–H groups in total. The van der Waals surface area contributed by atoms with Crippen LogP contribution in [0, 0.1) is 0 Å². The second-order valence-corrected chi connectivity index (χ2v) is 5.26. The SMILES string of the molecule is CCCC[C@H](NC(=O)CC(CCC)n1ccnc1)C(=O)O. The highest BCUT2D eigenvalue weighted by molar-refractivity contribution is 5.83. The van der Waals surface area contributed by atoms with Gasteiger partial charge in [-0.15, -0.1) is 0 Å². The van der Waals surface area contributed by atoms with Crippen LogP contribution in [0.2, 0.25) is 0 Å². The summed E-state index contributed by atoms with van der Waals surface area (Å²) in [5.41, 5.74) is 0. The maximum atomic E-state index is 12.1. The number of hydrogen-bond donors (Lipinski definition) is 2. The van der Waals surface area contributed by atoms with Crippen LogP contribution in [-0.4, -0.2) is 32.6 Å². The van der Waals surface area contributed by atoms with Crippen molar-refractivity contribution < 1.29 is 14.7 Å².